The first-order chi connectivity index (χ1) is 14.4. The smallest absolute Gasteiger partial charge is 0.254 e. The molecule has 1 saturated heterocycles. The van der Waals surface area contributed by atoms with Crippen LogP contribution < -0.4 is 5.32 Å². The van der Waals surface area contributed by atoms with Crippen LogP contribution in [0.5, 0.6) is 0 Å². The first-order valence-electron chi connectivity index (χ1n) is 9.63. The van der Waals surface area contributed by atoms with E-state index in [0.717, 1.165) is 12.1 Å². The van der Waals surface area contributed by atoms with E-state index >= 15 is 0 Å². The summed E-state index contributed by atoms with van der Waals surface area (Å²) >= 11 is 0. The fraction of sp³-hybridized carbons (Fsp3) is 0.333. The van der Waals surface area contributed by atoms with E-state index in [4.69, 9.17) is 0 Å². The Balaban J connectivity index is 1.40. The number of hydrogen-bond donors (Lipinski definition) is 1. The highest BCUT2D eigenvalue weighted by atomic mass is 19.1. The van der Waals surface area contributed by atoms with Gasteiger partial charge in [-0.15, -0.1) is 0 Å². The number of piperazine rings is 1. The second-order valence-electron chi connectivity index (χ2n) is 6.89. The van der Waals surface area contributed by atoms with E-state index in [1.165, 1.54) is 0 Å². The van der Waals surface area contributed by atoms with Gasteiger partial charge in [-0.2, -0.15) is 0 Å². The van der Waals surface area contributed by atoms with E-state index < -0.39 is 17.5 Å². The molecule has 0 unspecified atom stereocenters. The molecule has 30 heavy (non-hydrogen) atoms. The number of nitrogens with zero attached hydrogens (tertiary/aromatic N) is 3. The van der Waals surface area contributed by atoms with Crippen LogP contribution in [-0.2, 0) is 16.0 Å². The maximum Gasteiger partial charge on any atom is 0.254 e. The van der Waals surface area contributed by atoms with E-state index in [9.17, 15) is 23.2 Å². The van der Waals surface area contributed by atoms with Crippen molar-refractivity contribution < 1.29 is 23.2 Å². The van der Waals surface area contributed by atoms with Crippen LogP contribution >= 0.6 is 0 Å². The van der Waals surface area contributed by atoms with Gasteiger partial charge in [0, 0.05) is 57.1 Å². The standard InChI is InChI=1S/C21H22F2N4O3/c22-15-4-5-17(18(23)13-15)21(30)25-8-6-19(28)26-9-11-27(12-10-26)20(29)14-16-3-1-2-7-24-16/h1-5,7,13H,6,8-12,14H2,(H,25,30). The number of halogens is 2. The van der Waals surface area contributed by atoms with Gasteiger partial charge in [0.2, 0.25) is 11.8 Å². The molecular formula is C21H22F2N4O3. The number of pyridine rings is 1. The average Bonchev–Trinajstić information content (AvgIpc) is 2.74. The van der Waals surface area contributed by atoms with Gasteiger partial charge in [-0.05, 0) is 24.3 Å². The zero-order valence-electron chi connectivity index (χ0n) is 16.3. The van der Waals surface area contributed by atoms with Gasteiger partial charge in [0.1, 0.15) is 11.6 Å². The zero-order chi connectivity index (χ0) is 21.5. The summed E-state index contributed by atoms with van der Waals surface area (Å²) in [5.74, 6) is -2.62. The number of carbonyl (C=O) groups excluding carboxylic acids is 3. The summed E-state index contributed by atoms with van der Waals surface area (Å²) < 4.78 is 26.5. The molecule has 7 nitrogen and oxygen atoms in total. The molecule has 0 saturated carbocycles. The molecule has 158 valence electrons. The summed E-state index contributed by atoms with van der Waals surface area (Å²) in [5.41, 5.74) is 0.429. The summed E-state index contributed by atoms with van der Waals surface area (Å²) in [6.45, 7) is 1.73. The van der Waals surface area contributed by atoms with Gasteiger partial charge in [-0.25, -0.2) is 8.78 Å². The van der Waals surface area contributed by atoms with Crippen LogP contribution in [0.4, 0.5) is 8.78 Å². The fourth-order valence-electron chi connectivity index (χ4n) is 3.18. The molecule has 1 aliphatic rings. The molecular weight excluding hydrogens is 394 g/mol. The van der Waals surface area contributed by atoms with Crippen molar-refractivity contribution in [3.8, 4) is 0 Å². The topological polar surface area (TPSA) is 82.6 Å². The lowest BCUT2D eigenvalue weighted by Gasteiger charge is -2.35. The second kappa shape index (κ2) is 9.91. The Morgan fingerprint density at radius 2 is 1.67 bits per heavy atom. The van der Waals surface area contributed by atoms with E-state index in [1.54, 1.807) is 28.1 Å². The van der Waals surface area contributed by atoms with Crippen LogP contribution in [0.3, 0.4) is 0 Å². The minimum Gasteiger partial charge on any atom is -0.351 e. The molecule has 0 aliphatic carbocycles. The zero-order valence-corrected chi connectivity index (χ0v) is 16.3. The lowest BCUT2D eigenvalue weighted by atomic mass is 10.2. The molecule has 0 atom stereocenters. The van der Waals surface area contributed by atoms with Gasteiger partial charge in [0.25, 0.3) is 5.91 Å². The van der Waals surface area contributed by atoms with E-state index in [1.807, 2.05) is 6.07 Å². The third kappa shape index (κ3) is 5.59. The van der Waals surface area contributed by atoms with E-state index in [0.29, 0.717) is 37.9 Å². The molecule has 1 N–H and O–H groups in total. The van der Waals surface area contributed by atoms with Gasteiger partial charge in [-0.3, -0.25) is 19.4 Å². The summed E-state index contributed by atoms with van der Waals surface area (Å²) in [4.78, 5) is 44.1. The predicted octanol–water partition coefficient (Wildman–Crippen LogP) is 1.39. The number of carbonyl (C=O) groups is 3. The van der Waals surface area contributed by atoms with Crippen molar-refractivity contribution in [3.05, 3.63) is 65.5 Å². The third-order valence-electron chi connectivity index (χ3n) is 4.84. The summed E-state index contributed by atoms with van der Waals surface area (Å²) in [6.07, 6.45) is 1.92. The third-order valence-corrected chi connectivity index (χ3v) is 4.84. The lowest BCUT2D eigenvalue weighted by molar-refractivity contribution is -0.139. The molecule has 0 bridgehead atoms. The molecule has 2 heterocycles. The van der Waals surface area contributed by atoms with E-state index in [-0.39, 0.29) is 36.8 Å². The van der Waals surface area contributed by atoms with Crippen molar-refractivity contribution in [1.82, 2.24) is 20.1 Å². The molecule has 3 amide bonds. The first-order valence-corrected chi connectivity index (χ1v) is 9.63. The summed E-state index contributed by atoms with van der Waals surface area (Å²) in [6, 6.07) is 8.10. The summed E-state index contributed by atoms with van der Waals surface area (Å²) in [7, 11) is 0. The maximum atomic E-state index is 13.6. The van der Waals surface area contributed by atoms with Gasteiger partial charge < -0.3 is 15.1 Å². The molecule has 0 spiro atoms. The normalized spacial score (nSPS) is 13.8. The van der Waals surface area contributed by atoms with Gasteiger partial charge in [0.15, 0.2) is 0 Å². The Kier molecular flexibility index (Phi) is 7.05. The average molecular weight is 416 g/mol. The van der Waals surface area contributed by atoms with Crippen LogP contribution in [0.2, 0.25) is 0 Å². The predicted molar refractivity (Wildman–Crippen MR) is 104 cm³/mol. The van der Waals surface area contributed by atoms with Crippen LogP contribution in [0.25, 0.3) is 0 Å². The van der Waals surface area contributed by atoms with Crippen molar-refractivity contribution in [2.24, 2.45) is 0 Å². The van der Waals surface area contributed by atoms with Crippen LogP contribution in [-0.4, -0.2) is 65.2 Å². The number of benzene rings is 1. The highest BCUT2D eigenvalue weighted by Gasteiger charge is 2.24. The highest BCUT2D eigenvalue weighted by Crippen LogP contribution is 2.10. The van der Waals surface area contributed by atoms with Crippen LogP contribution in [0, 0.1) is 11.6 Å². The molecule has 1 aromatic heterocycles. The van der Waals surface area contributed by atoms with Crippen molar-refractivity contribution in [3.63, 3.8) is 0 Å². The number of rotatable bonds is 6. The Labute approximate surface area is 172 Å². The van der Waals surface area contributed by atoms with Gasteiger partial charge >= 0.3 is 0 Å². The maximum absolute atomic E-state index is 13.6. The quantitative estimate of drug-likeness (QED) is 0.772. The van der Waals surface area contributed by atoms with Crippen LogP contribution in [0.15, 0.2) is 42.6 Å². The van der Waals surface area contributed by atoms with Gasteiger partial charge in [0.05, 0.1) is 12.0 Å². The minimum atomic E-state index is -0.953. The van der Waals surface area contributed by atoms with Gasteiger partial charge in [-0.1, -0.05) is 6.07 Å². The molecule has 1 aliphatic heterocycles. The Morgan fingerprint density at radius 3 is 2.30 bits per heavy atom. The Hall–Kier alpha value is -3.36. The van der Waals surface area contributed by atoms with Crippen LogP contribution in [0.1, 0.15) is 22.5 Å². The van der Waals surface area contributed by atoms with Crippen molar-refractivity contribution in [2.75, 3.05) is 32.7 Å². The monoisotopic (exact) mass is 416 g/mol. The molecule has 1 aromatic carbocycles. The van der Waals surface area contributed by atoms with Crippen molar-refractivity contribution in [2.45, 2.75) is 12.8 Å². The van der Waals surface area contributed by atoms with E-state index in [2.05, 4.69) is 10.3 Å². The largest absolute Gasteiger partial charge is 0.351 e. The number of hydrogen-bond acceptors (Lipinski definition) is 4. The number of amides is 3. The van der Waals surface area contributed by atoms with Crippen molar-refractivity contribution in [1.29, 1.82) is 0 Å². The Bertz CT molecular complexity index is 916. The molecule has 1 fully saturated rings. The lowest BCUT2D eigenvalue weighted by Crippen LogP contribution is -2.51. The minimum absolute atomic E-state index is 0.0330. The number of nitrogens with one attached hydrogen (secondary N) is 1. The Morgan fingerprint density at radius 1 is 0.967 bits per heavy atom. The summed E-state index contributed by atoms with van der Waals surface area (Å²) in [5, 5.41) is 2.46. The number of aromatic nitrogens is 1. The molecule has 9 heteroatoms. The first kappa shape index (κ1) is 21.4. The molecule has 3 rings (SSSR count). The van der Waals surface area contributed by atoms with Crippen molar-refractivity contribution >= 4 is 17.7 Å². The fourth-order valence-corrected chi connectivity index (χ4v) is 3.18. The SMILES string of the molecule is O=C(NCCC(=O)N1CCN(C(=O)Cc2ccccn2)CC1)c1ccc(F)cc1F. The second-order valence-corrected chi connectivity index (χ2v) is 6.89. The molecule has 0 radical (unpaired) electrons. The highest BCUT2D eigenvalue weighted by molar-refractivity contribution is 5.94. The molecule has 2 aromatic rings.